The average molecular weight is 443 g/mol. The molecule has 0 fully saturated rings. The predicted molar refractivity (Wildman–Crippen MR) is 136 cm³/mol. The van der Waals surface area contributed by atoms with Crippen LogP contribution in [0.1, 0.15) is 93.2 Å². The molecule has 172 valence electrons. The van der Waals surface area contributed by atoms with Gasteiger partial charge < -0.3 is 4.89 Å². The van der Waals surface area contributed by atoms with Gasteiger partial charge in [0.25, 0.3) is 7.37 Å². The van der Waals surface area contributed by atoms with Crippen molar-refractivity contribution in [1.82, 2.24) is 0 Å². The van der Waals surface area contributed by atoms with Crippen molar-refractivity contribution in [3.8, 4) is 0 Å². The Labute approximate surface area is 190 Å². The summed E-state index contributed by atoms with van der Waals surface area (Å²) in [6, 6.07) is 15.5. The van der Waals surface area contributed by atoms with Crippen LogP contribution in [0.25, 0.3) is 0 Å². The highest BCUT2D eigenvalue weighted by molar-refractivity contribution is 7.73. The molecule has 0 radical (unpaired) electrons. The van der Waals surface area contributed by atoms with Crippen molar-refractivity contribution in [2.45, 2.75) is 92.9 Å². The Balaban J connectivity index is 2.68. The topological polar surface area (TPSA) is 37.3 Å². The molecule has 2 rings (SSSR count). The average Bonchev–Trinajstić information content (AvgIpc) is 2.58. The molecule has 31 heavy (non-hydrogen) atoms. The van der Waals surface area contributed by atoms with Crippen LogP contribution in [0.2, 0.25) is 0 Å². The van der Waals surface area contributed by atoms with Crippen molar-refractivity contribution >= 4 is 18.0 Å². The molecule has 0 bridgehead atoms. The molecule has 0 saturated heterocycles. The van der Waals surface area contributed by atoms with E-state index >= 15 is 0 Å². The molecule has 0 saturated carbocycles. The molecule has 0 aliphatic rings. The maximum atomic E-state index is 14.2. The molecule has 0 aromatic heterocycles. The smallest absolute Gasteiger partial charge is 0.259 e. The van der Waals surface area contributed by atoms with Crippen LogP contribution in [0.4, 0.5) is 0 Å². The molecule has 0 unspecified atom stereocenters. The van der Waals surface area contributed by atoms with Gasteiger partial charge in [0.1, 0.15) is 0 Å². The normalized spacial score (nSPS) is 14.0. The summed E-state index contributed by atoms with van der Waals surface area (Å²) in [6.07, 6.45) is 1.85. The molecule has 0 atom stereocenters. The van der Waals surface area contributed by atoms with Crippen molar-refractivity contribution in [2.75, 3.05) is 0 Å². The van der Waals surface area contributed by atoms with E-state index in [1.54, 1.807) is 0 Å². The maximum absolute atomic E-state index is 14.2. The van der Waals surface area contributed by atoms with Crippen LogP contribution in [0.5, 0.6) is 0 Å². The summed E-state index contributed by atoms with van der Waals surface area (Å²) < 4.78 is 14.2. The number of rotatable bonds is 6. The predicted octanol–water partition coefficient (Wildman–Crippen LogP) is 7.34. The molecule has 2 aromatic rings. The highest BCUT2D eigenvalue weighted by Gasteiger charge is 2.39. The van der Waals surface area contributed by atoms with E-state index < -0.39 is 7.37 Å². The van der Waals surface area contributed by atoms with Gasteiger partial charge in [0.2, 0.25) is 0 Å². The molecule has 0 spiro atoms. The second-order valence-corrected chi connectivity index (χ2v) is 15.0. The zero-order chi connectivity index (χ0) is 23.9. The third-order valence-electron chi connectivity index (χ3n) is 5.86. The fraction of sp³-hybridized carbons (Fsp3) is 0.571. The maximum Gasteiger partial charge on any atom is 0.259 e. The quantitative estimate of drug-likeness (QED) is 0.475. The lowest BCUT2D eigenvalue weighted by Crippen LogP contribution is -2.35. The van der Waals surface area contributed by atoms with Crippen LogP contribution in [0.3, 0.4) is 0 Å². The molecule has 2 nitrogen and oxygen atoms in total. The van der Waals surface area contributed by atoms with E-state index in [4.69, 9.17) is 0 Å². The van der Waals surface area contributed by atoms with E-state index in [0.717, 1.165) is 24.0 Å². The van der Waals surface area contributed by atoms with Crippen molar-refractivity contribution in [2.24, 2.45) is 10.8 Å². The second kappa shape index (κ2) is 8.53. The number of hydrogen-bond donors (Lipinski definition) is 1. The SMILES string of the molecule is CC(C)(C)CC(C)(C)c1ccccc1P(=O)(O)c1ccccc1C(C)(C)CC(C)(C)C. The van der Waals surface area contributed by atoms with Gasteiger partial charge in [0.15, 0.2) is 0 Å². The van der Waals surface area contributed by atoms with Gasteiger partial charge in [-0.2, -0.15) is 0 Å². The van der Waals surface area contributed by atoms with Crippen LogP contribution in [-0.2, 0) is 15.4 Å². The Morgan fingerprint density at radius 2 is 0.903 bits per heavy atom. The van der Waals surface area contributed by atoms with E-state index in [1.165, 1.54) is 0 Å². The van der Waals surface area contributed by atoms with Gasteiger partial charge in [0.05, 0.1) is 0 Å². The monoisotopic (exact) mass is 442 g/mol. The Morgan fingerprint density at radius 3 is 1.19 bits per heavy atom. The van der Waals surface area contributed by atoms with Crippen LogP contribution in [0.15, 0.2) is 48.5 Å². The van der Waals surface area contributed by atoms with E-state index in [2.05, 4.69) is 69.2 Å². The summed E-state index contributed by atoms with van der Waals surface area (Å²) in [4.78, 5) is 11.7. The van der Waals surface area contributed by atoms with E-state index in [0.29, 0.717) is 10.6 Å². The largest absolute Gasteiger partial charge is 0.338 e. The molecule has 1 N–H and O–H groups in total. The first kappa shape index (κ1) is 25.9. The minimum atomic E-state index is -3.80. The third-order valence-corrected chi connectivity index (χ3v) is 7.95. The zero-order valence-electron chi connectivity index (χ0n) is 21.3. The first-order valence-corrected chi connectivity index (χ1v) is 13.1. The Bertz CT molecular complexity index is 880. The molecule has 0 amide bonds. The molecule has 2 aromatic carbocycles. The lowest BCUT2D eigenvalue weighted by Gasteiger charge is -2.37. The van der Waals surface area contributed by atoms with Crippen LogP contribution in [-0.4, -0.2) is 4.89 Å². The first-order valence-electron chi connectivity index (χ1n) is 11.4. The van der Waals surface area contributed by atoms with Gasteiger partial charge in [-0.1, -0.05) is 106 Å². The molecular weight excluding hydrogens is 399 g/mol. The summed E-state index contributed by atoms with van der Waals surface area (Å²) in [5.41, 5.74) is 1.73. The van der Waals surface area contributed by atoms with Gasteiger partial charge in [0, 0.05) is 10.6 Å². The van der Waals surface area contributed by atoms with Crippen LogP contribution in [0, 0.1) is 10.8 Å². The molecule has 3 heteroatoms. The standard InChI is InChI=1S/C28H43O2P/c1-25(2,3)19-27(7,8)21-15-11-13-17-23(21)31(29,30)24-18-14-12-16-22(24)28(9,10)20-26(4,5)6/h11-18H,19-20H2,1-10H3,(H,29,30). The number of benzene rings is 2. The van der Waals surface area contributed by atoms with Crippen molar-refractivity contribution in [3.05, 3.63) is 59.7 Å². The van der Waals surface area contributed by atoms with Crippen molar-refractivity contribution in [1.29, 1.82) is 0 Å². The first-order chi connectivity index (χ1) is 13.9. The molecule has 0 heterocycles. The molecule has 0 aliphatic heterocycles. The lowest BCUT2D eigenvalue weighted by molar-refractivity contribution is 0.285. The summed E-state index contributed by atoms with van der Waals surface area (Å²) in [5, 5.41) is 1.14. The summed E-state index contributed by atoms with van der Waals surface area (Å²) in [7, 11) is -3.80. The molecular formula is C28H43O2P. The Kier molecular flexibility index (Phi) is 7.12. The fourth-order valence-corrected chi connectivity index (χ4v) is 7.84. The van der Waals surface area contributed by atoms with Gasteiger partial charge in [-0.25, -0.2) is 0 Å². The van der Waals surface area contributed by atoms with E-state index in [9.17, 15) is 9.46 Å². The van der Waals surface area contributed by atoms with E-state index in [1.807, 2.05) is 48.5 Å². The van der Waals surface area contributed by atoms with Crippen LogP contribution < -0.4 is 10.6 Å². The zero-order valence-corrected chi connectivity index (χ0v) is 22.2. The van der Waals surface area contributed by atoms with Crippen LogP contribution >= 0.6 is 7.37 Å². The Hall–Kier alpha value is -1.37. The summed E-state index contributed by atoms with van der Waals surface area (Å²) in [5.74, 6) is 0. The minimum absolute atomic E-state index is 0.114. The third kappa shape index (κ3) is 6.33. The van der Waals surface area contributed by atoms with Crippen molar-refractivity contribution < 1.29 is 9.46 Å². The van der Waals surface area contributed by atoms with Gasteiger partial charge >= 0.3 is 0 Å². The van der Waals surface area contributed by atoms with Gasteiger partial charge in [-0.3, -0.25) is 4.57 Å². The Morgan fingerprint density at radius 1 is 0.613 bits per heavy atom. The summed E-state index contributed by atoms with van der Waals surface area (Å²) >= 11 is 0. The molecule has 0 aliphatic carbocycles. The lowest BCUT2D eigenvalue weighted by atomic mass is 9.72. The second-order valence-electron chi connectivity index (χ2n) is 12.9. The number of hydrogen-bond acceptors (Lipinski definition) is 1. The highest BCUT2D eigenvalue weighted by Crippen LogP contribution is 2.47. The van der Waals surface area contributed by atoms with Gasteiger partial charge in [-0.15, -0.1) is 0 Å². The van der Waals surface area contributed by atoms with Gasteiger partial charge in [-0.05, 0) is 57.8 Å². The summed E-state index contributed by atoms with van der Waals surface area (Å²) in [6.45, 7) is 22.1. The van der Waals surface area contributed by atoms with Crippen molar-refractivity contribution in [3.63, 3.8) is 0 Å². The minimum Gasteiger partial charge on any atom is -0.338 e. The highest BCUT2D eigenvalue weighted by atomic mass is 31.2. The van der Waals surface area contributed by atoms with E-state index in [-0.39, 0.29) is 21.7 Å². The fourth-order valence-electron chi connectivity index (χ4n) is 5.59.